The van der Waals surface area contributed by atoms with Crippen LogP contribution in [0.2, 0.25) is 0 Å². The number of halogens is 1. The van der Waals surface area contributed by atoms with E-state index in [4.69, 9.17) is 10.6 Å². The van der Waals surface area contributed by atoms with Gasteiger partial charge in [-0.2, -0.15) is 5.10 Å². The first-order valence-corrected chi connectivity index (χ1v) is 9.40. The van der Waals surface area contributed by atoms with E-state index in [9.17, 15) is 8.42 Å². The molecule has 1 saturated heterocycles. The Labute approximate surface area is 133 Å². The van der Waals surface area contributed by atoms with Gasteiger partial charge in [0.15, 0.2) is 9.84 Å². The molecule has 0 amide bonds. The number of sulfone groups is 1. The van der Waals surface area contributed by atoms with E-state index < -0.39 is 21.1 Å². The molecule has 1 aliphatic rings. The van der Waals surface area contributed by atoms with E-state index >= 15 is 0 Å². The van der Waals surface area contributed by atoms with Crippen LogP contribution >= 0.6 is 15.9 Å². The van der Waals surface area contributed by atoms with Crippen molar-refractivity contribution in [1.29, 1.82) is 0 Å². The summed E-state index contributed by atoms with van der Waals surface area (Å²) in [6.07, 6.45) is 3.88. The number of nitrogens with two attached hydrogens (primary N) is 1. The van der Waals surface area contributed by atoms with Gasteiger partial charge >= 0.3 is 0 Å². The number of nitrogens with one attached hydrogen (secondary N) is 1. The van der Waals surface area contributed by atoms with Crippen LogP contribution in [0.5, 0.6) is 0 Å². The zero-order valence-corrected chi connectivity index (χ0v) is 14.4. The first-order chi connectivity index (χ1) is 10.0. The van der Waals surface area contributed by atoms with Crippen molar-refractivity contribution in [3.05, 3.63) is 16.4 Å². The molecule has 0 spiro atoms. The van der Waals surface area contributed by atoms with Gasteiger partial charge in [-0.1, -0.05) is 6.42 Å². The summed E-state index contributed by atoms with van der Waals surface area (Å²) in [7, 11) is -1.54. The Morgan fingerprint density at radius 3 is 3.00 bits per heavy atom. The molecule has 2 rings (SSSR count). The molecule has 7 nitrogen and oxygen atoms in total. The molecule has 2 atom stereocenters. The first-order valence-electron chi connectivity index (χ1n) is 6.89. The predicted octanol–water partition coefficient (Wildman–Crippen LogP) is 0.764. The molecule has 120 valence electrons. The van der Waals surface area contributed by atoms with Gasteiger partial charge in [0.25, 0.3) is 0 Å². The van der Waals surface area contributed by atoms with E-state index in [0.717, 1.165) is 23.0 Å². The third-order valence-corrected chi connectivity index (χ3v) is 6.71. The van der Waals surface area contributed by atoms with Gasteiger partial charge in [-0.05, 0) is 28.8 Å². The zero-order chi connectivity index (χ0) is 15.5. The van der Waals surface area contributed by atoms with Crippen molar-refractivity contribution < 1.29 is 13.2 Å². The largest absolute Gasteiger partial charge is 0.383 e. The highest BCUT2D eigenvalue weighted by Gasteiger charge is 2.38. The maximum Gasteiger partial charge on any atom is 0.155 e. The van der Waals surface area contributed by atoms with Crippen LogP contribution in [0.4, 0.5) is 0 Å². The summed E-state index contributed by atoms with van der Waals surface area (Å²) < 4.78 is 32.3. The minimum absolute atomic E-state index is 0.222. The lowest BCUT2D eigenvalue weighted by Gasteiger charge is -2.30. The van der Waals surface area contributed by atoms with Gasteiger partial charge in [-0.3, -0.25) is 16.0 Å². The Bertz CT molecular complexity index is 575. The molecule has 21 heavy (non-hydrogen) atoms. The van der Waals surface area contributed by atoms with Gasteiger partial charge in [-0.25, -0.2) is 8.42 Å². The molecule has 0 saturated carbocycles. The smallest absolute Gasteiger partial charge is 0.155 e. The van der Waals surface area contributed by atoms with Crippen LogP contribution in [0.3, 0.4) is 0 Å². The molecule has 0 aliphatic carbocycles. The first kappa shape index (κ1) is 16.9. The molecule has 1 fully saturated rings. The summed E-state index contributed by atoms with van der Waals surface area (Å²) in [5.74, 6) is 5.90. The average molecular weight is 381 g/mol. The van der Waals surface area contributed by atoms with E-state index in [1.54, 1.807) is 18.0 Å². The third kappa shape index (κ3) is 3.65. The van der Waals surface area contributed by atoms with Gasteiger partial charge in [0, 0.05) is 7.11 Å². The number of hydrazine groups is 1. The predicted molar refractivity (Wildman–Crippen MR) is 83.3 cm³/mol. The van der Waals surface area contributed by atoms with Gasteiger partial charge in [-0.15, -0.1) is 0 Å². The summed E-state index contributed by atoms with van der Waals surface area (Å²) in [5.41, 5.74) is 3.43. The minimum atomic E-state index is -3.15. The summed E-state index contributed by atoms with van der Waals surface area (Å²) in [4.78, 5) is 0. The SMILES string of the molecule is COCCn1ncc(Br)c1C(NN)C1CCCCS1(=O)=O. The van der Waals surface area contributed by atoms with Crippen molar-refractivity contribution in [3.63, 3.8) is 0 Å². The van der Waals surface area contributed by atoms with Crippen molar-refractivity contribution in [2.45, 2.75) is 37.1 Å². The molecular formula is C12H21BrN4O3S. The standard InChI is InChI=1S/C12H21BrN4O3S/c1-20-6-5-17-12(9(13)8-15-17)11(16-14)10-4-2-3-7-21(10,18)19/h8,10-11,16H,2-7,14H2,1H3. The summed E-state index contributed by atoms with van der Waals surface area (Å²) >= 11 is 3.44. The number of hydrogen-bond acceptors (Lipinski definition) is 6. The van der Waals surface area contributed by atoms with E-state index in [1.165, 1.54) is 0 Å². The fourth-order valence-corrected chi connectivity index (χ4v) is 5.35. The Morgan fingerprint density at radius 1 is 1.62 bits per heavy atom. The average Bonchev–Trinajstić information content (AvgIpc) is 2.80. The quantitative estimate of drug-likeness (QED) is 0.558. The Hall–Kier alpha value is -0.480. The number of nitrogens with zero attached hydrogens (tertiary/aromatic N) is 2. The third-order valence-electron chi connectivity index (χ3n) is 3.82. The van der Waals surface area contributed by atoms with E-state index in [1.807, 2.05) is 0 Å². The highest BCUT2D eigenvalue weighted by molar-refractivity contribution is 9.10. The van der Waals surface area contributed by atoms with E-state index in [2.05, 4.69) is 26.5 Å². The molecule has 9 heteroatoms. The van der Waals surface area contributed by atoms with Crippen LogP contribution in [0.25, 0.3) is 0 Å². The van der Waals surface area contributed by atoms with Crippen LogP contribution < -0.4 is 11.3 Å². The molecule has 2 unspecified atom stereocenters. The normalized spacial score (nSPS) is 23.1. The number of aromatic nitrogens is 2. The Kier molecular flexibility index (Phi) is 5.78. The Morgan fingerprint density at radius 2 is 2.38 bits per heavy atom. The van der Waals surface area contributed by atoms with Crippen LogP contribution in [0, 0.1) is 0 Å². The maximum absolute atomic E-state index is 12.3. The molecule has 2 heterocycles. The summed E-state index contributed by atoms with van der Waals surface area (Å²) in [6, 6.07) is -0.482. The molecule has 3 N–H and O–H groups in total. The topological polar surface area (TPSA) is 99.2 Å². The number of hydrogen-bond donors (Lipinski definition) is 2. The second-order valence-corrected chi connectivity index (χ2v) is 8.33. The molecule has 0 aromatic carbocycles. The number of ether oxygens (including phenoxy) is 1. The van der Waals surface area contributed by atoms with Gasteiger partial charge in [0.2, 0.25) is 0 Å². The monoisotopic (exact) mass is 380 g/mol. The highest BCUT2D eigenvalue weighted by atomic mass is 79.9. The highest BCUT2D eigenvalue weighted by Crippen LogP contribution is 2.33. The summed E-state index contributed by atoms with van der Waals surface area (Å²) in [5, 5.41) is 3.74. The number of rotatable bonds is 6. The van der Waals surface area contributed by atoms with Crippen LogP contribution in [-0.2, 0) is 21.1 Å². The number of methoxy groups -OCH3 is 1. The van der Waals surface area contributed by atoms with Crippen LogP contribution in [0.15, 0.2) is 10.7 Å². The van der Waals surface area contributed by atoms with Crippen molar-refractivity contribution >= 4 is 25.8 Å². The van der Waals surface area contributed by atoms with Gasteiger partial charge < -0.3 is 4.74 Å². The van der Waals surface area contributed by atoms with Gasteiger partial charge in [0.1, 0.15) is 0 Å². The van der Waals surface area contributed by atoms with Gasteiger partial charge in [0.05, 0.1) is 46.6 Å². The fourth-order valence-electron chi connectivity index (χ4n) is 2.75. The second-order valence-electron chi connectivity index (χ2n) is 5.14. The lowest BCUT2D eigenvalue weighted by Crippen LogP contribution is -2.44. The molecule has 0 radical (unpaired) electrons. The second kappa shape index (κ2) is 7.19. The minimum Gasteiger partial charge on any atom is -0.383 e. The molecular weight excluding hydrogens is 360 g/mol. The van der Waals surface area contributed by atoms with Crippen molar-refractivity contribution in [2.75, 3.05) is 19.5 Å². The molecule has 1 aliphatic heterocycles. The Balaban J connectivity index is 2.34. The fraction of sp³-hybridized carbons (Fsp3) is 0.750. The van der Waals surface area contributed by atoms with Crippen LogP contribution in [-0.4, -0.2) is 42.9 Å². The summed E-state index contributed by atoms with van der Waals surface area (Å²) in [6.45, 7) is 1.04. The van der Waals surface area contributed by atoms with E-state index in [0.29, 0.717) is 19.6 Å². The molecule has 0 bridgehead atoms. The molecule has 1 aromatic rings. The molecule has 1 aromatic heterocycles. The van der Waals surface area contributed by atoms with Crippen LogP contribution in [0.1, 0.15) is 31.0 Å². The lowest BCUT2D eigenvalue weighted by molar-refractivity contribution is 0.181. The van der Waals surface area contributed by atoms with E-state index in [-0.39, 0.29) is 5.75 Å². The maximum atomic E-state index is 12.3. The van der Waals surface area contributed by atoms with Crippen molar-refractivity contribution in [3.8, 4) is 0 Å². The lowest BCUT2D eigenvalue weighted by atomic mass is 10.0. The van der Waals surface area contributed by atoms with Crippen molar-refractivity contribution in [1.82, 2.24) is 15.2 Å². The zero-order valence-electron chi connectivity index (χ0n) is 12.0. The van der Waals surface area contributed by atoms with Crippen molar-refractivity contribution in [2.24, 2.45) is 5.84 Å².